The summed E-state index contributed by atoms with van der Waals surface area (Å²) < 4.78 is 16.4. The van der Waals surface area contributed by atoms with Gasteiger partial charge in [-0.15, -0.1) is 5.98 Å². The van der Waals surface area contributed by atoms with Gasteiger partial charge < -0.3 is 24.8 Å². The van der Waals surface area contributed by atoms with Crippen molar-refractivity contribution in [2.45, 2.75) is 52.6 Å². The number of carbonyl (C=O) groups is 2. The van der Waals surface area contributed by atoms with Crippen LogP contribution in [0.25, 0.3) is 10.4 Å². The molecule has 2 N–H and O–H groups in total. The maximum absolute atomic E-state index is 12.3. The molecule has 0 heterocycles. The van der Waals surface area contributed by atoms with Crippen LogP contribution < -0.4 is 15.4 Å². The second-order valence-electron chi connectivity index (χ2n) is 8.88. The summed E-state index contributed by atoms with van der Waals surface area (Å²) >= 11 is 0. The van der Waals surface area contributed by atoms with Crippen molar-refractivity contribution in [1.82, 2.24) is 10.6 Å². The molecule has 0 aliphatic heterocycles. The highest BCUT2D eigenvalue weighted by Crippen LogP contribution is 2.14. The normalized spacial score (nSPS) is 11.8. The first-order chi connectivity index (χ1) is 17.3. The minimum Gasteiger partial charge on any atom is -0.491 e. The molecule has 0 spiro atoms. The molecule has 11 heteroatoms. The quantitative estimate of drug-likeness (QED) is 0.0971. The molecule has 0 aromatic heterocycles. The van der Waals surface area contributed by atoms with E-state index in [-0.39, 0.29) is 38.2 Å². The molecule has 0 aliphatic carbocycles. The Labute approximate surface area is 215 Å². The number of nitrogens with one attached hydrogen (secondary N) is 2. The third kappa shape index (κ3) is 15.8. The summed E-state index contributed by atoms with van der Waals surface area (Å²) in [7, 11) is 2.03. The third-order valence-electron chi connectivity index (χ3n) is 4.73. The van der Waals surface area contributed by atoms with E-state index in [1.165, 1.54) is 0 Å². The van der Waals surface area contributed by atoms with E-state index in [1.807, 2.05) is 19.3 Å². The van der Waals surface area contributed by atoms with E-state index < -0.39 is 6.23 Å². The summed E-state index contributed by atoms with van der Waals surface area (Å²) in [4.78, 5) is 26.9. The van der Waals surface area contributed by atoms with Gasteiger partial charge in [0.1, 0.15) is 26.2 Å². The summed E-state index contributed by atoms with van der Waals surface area (Å²) in [5.41, 5.74) is 9.28. The van der Waals surface area contributed by atoms with Crippen molar-refractivity contribution in [3.05, 3.63) is 52.3 Å². The summed E-state index contributed by atoms with van der Waals surface area (Å²) in [6.45, 7) is 9.62. The number of nitrogens with zero attached hydrogens (tertiary/aromatic N) is 3. The zero-order chi connectivity index (χ0) is 26.6. The van der Waals surface area contributed by atoms with Crippen LogP contribution in [-0.2, 0) is 14.3 Å². The molecule has 1 rings (SSSR count). The van der Waals surface area contributed by atoms with Gasteiger partial charge >= 0.3 is 0 Å². The van der Waals surface area contributed by atoms with Crippen molar-refractivity contribution in [3.8, 4) is 5.75 Å². The van der Waals surface area contributed by atoms with Crippen molar-refractivity contribution in [2.24, 2.45) is 11.0 Å². The molecule has 2 amide bonds. The van der Waals surface area contributed by atoms with E-state index in [1.54, 1.807) is 24.3 Å². The van der Waals surface area contributed by atoms with Gasteiger partial charge in [0.05, 0.1) is 13.2 Å². The molecule has 1 radical (unpaired) electrons. The SMILES string of the molecule is CC(C)[B]/C=C/CNC(=O)COCCOC(COc1cccc(C(=O)NCCCC(C)C)c1)N=[N+]=[N-]. The lowest BCUT2D eigenvalue weighted by Gasteiger charge is -2.14. The fourth-order valence-electron chi connectivity index (χ4n) is 2.88. The standard InChI is InChI=1S/C25H39BN5O5/c1-19(2)8-6-12-29-25(33)21-9-5-10-22(16-21)36-18-24(30-31-27)35-15-14-34-17-23(32)28-13-7-11-26-20(3)4/h5,7,9-11,16,19-20,24H,6,8,12-15,17-18H2,1-4H3,(H,28,32)(H,29,33)/b11-7+. The van der Waals surface area contributed by atoms with Gasteiger partial charge in [-0.1, -0.05) is 50.8 Å². The molecule has 0 saturated heterocycles. The molecule has 1 unspecified atom stereocenters. The Balaban J connectivity index is 2.33. The number of hydrogen-bond donors (Lipinski definition) is 2. The van der Waals surface area contributed by atoms with Gasteiger partial charge in [-0.05, 0) is 42.5 Å². The fraction of sp³-hybridized carbons (Fsp3) is 0.600. The number of benzene rings is 1. The lowest BCUT2D eigenvalue weighted by atomic mass is 9.66. The summed E-state index contributed by atoms with van der Waals surface area (Å²) in [5, 5.41) is 9.19. The molecule has 0 fully saturated rings. The van der Waals surface area contributed by atoms with Gasteiger partial charge in [-0.2, -0.15) is 0 Å². The molecule has 0 bridgehead atoms. The highest BCUT2D eigenvalue weighted by atomic mass is 16.6. The van der Waals surface area contributed by atoms with Gasteiger partial charge in [-0.25, -0.2) is 0 Å². The van der Waals surface area contributed by atoms with E-state index in [9.17, 15) is 9.59 Å². The maximum Gasteiger partial charge on any atom is 0.251 e. The Morgan fingerprint density at radius 1 is 1.19 bits per heavy atom. The van der Waals surface area contributed by atoms with Crippen LogP contribution in [0, 0.1) is 5.92 Å². The van der Waals surface area contributed by atoms with Crippen LogP contribution >= 0.6 is 0 Å². The van der Waals surface area contributed by atoms with Crippen molar-refractivity contribution in [3.63, 3.8) is 0 Å². The van der Waals surface area contributed by atoms with Crippen molar-refractivity contribution < 1.29 is 23.8 Å². The summed E-state index contributed by atoms with van der Waals surface area (Å²) in [5.74, 6) is 3.03. The zero-order valence-electron chi connectivity index (χ0n) is 21.8. The van der Waals surface area contributed by atoms with E-state index in [2.05, 4.69) is 48.4 Å². The van der Waals surface area contributed by atoms with Crippen LogP contribution in [0.4, 0.5) is 0 Å². The number of carbonyl (C=O) groups excluding carboxylic acids is 2. The molecule has 1 aromatic rings. The average Bonchev–Trinajstić information content (AvgIpc) is 2.84. The summed E-state index contributed by atoms with van der Waals surface area (Å²) in [6, 6.07) is 6.77. The Morgan fingerprint density at radius 2 is 2.00 bits per heavy atom. The predicted octanol–water partition coefficient (Wildman–Crippen LogP) is 4.06. The van der Waals surface area contributed by atoms with Crippen LogP contribution in [0.1, 0.15) is 50.9 Å². The Kier molecular flexibility index (Phi) is 16.6. The third-order valence-corrected chi connectivity index (χ3v) is 4.73. The molecular formula is C25H39BN5O5. The Hall–Kier alpha value is -3.01. The Bertz CT molecular complexity index is 859. The minimum atomic E-state index is -0.886. The van der Waals surface area contributed by atoms with Gasteiger partial charge in [0, 0.05) is 23.6 Å². The van der Waals surface area contributed by atoms with Gasteiger partial charge in [-0.3, -0.25) is 9.59 Å². The molecule has 0 saturated carbocycles. The highest BCUT2D eigenvalue weighted by molar-refractivity contribution is 6.43. The molecule has 36 heavy (non-hydrogen) atoms. The molecule has 197 valence electrons. The fourth-order valence-corrected chi connectivity index (χ4v) is 2.88. The number of azide groups is 1. The minimum absolute atomic E-state index is 0.0380. The first-order valence-electron chi connectivity index (χ1n) is 12.3. The van der Waals surface area contributed by atoms with Crippen molar-refractivity contribution >= 4 is 19.1 Å². The smallest absolute Gasteiger partial charge is 0.251 e. The first kappa shape index (κ1) is 31.0. The zero-order valence-corrected chi connectivity index (χ0v) is 21.8. The second-order valence-corrected chi connectivity index (χ2v) is 8.88. The lowest BCUT2D eigenvalue weighted by Crippen LogP contribution is -2.28. The largest absolute Gasteiger partial charge is 0.491 e. The van der Waals surface area contributed by atoms with Crippen LogP contribution in [-0.4, -0.2) is 64.8 Å². The van der Waals surface area contributed by atoms with Gasteiger partial charge in [0.15, 0.2) is 6.23 Å². The van der Waals surface area contributed by atoms with Crippen molar-refractivity contribution in [1.29, 1.82) is 0 Å². The predicted molar refractivity (Wildman–Crippen MR) is 141 cm³/mol. The summed E-state index contributed by atoms with van der Waals surface area (Å²) in [6.07, 6.45) is 2.95. The number of rotatable bonds is 19. The number of ether oxygens (including phenoxy) is 3. The van der Waals surface area contributed by atoms with Gasteiger partial charge in [0.2, 0.25) is 5.91 Å². The highest BCUT2D eigenvalue weighted by Gasteiger charge is 2.11. The van der Waals surface area contributed by atoms with Gasteiger partial charge in [0.25, 0.3) is 5.91 Å². The number of hydrogen-bond acceptors (Lipinski definition) is 6. The van der Waals surface area contributed by atoms with E-state index in [0.717, 1.165) is 12.8 Å². The first-order valence-corrected chi connectivity index (χ1v) is 12.3. The molecule has 1 atom stereocenters. The van der Waals surface area contributed by atoms with Crippen LogP contribution in [0.5, 0.6) is 5.75 Å². The Morgan fingerprint density at radius 3 is 2.72 bits per heavy atom. The maximum atomic E-state index is 12.3. The van der Waals surface area contributed by atoms with Crippen LogP contribution in [0.2, 0.25) is 5.82 Å². The van der Waals surface area contributed by atoms with E-state index in [0.29, 0.717) is 36.1 Å². The van der Waals surface area contributed by atoms with Crippen LogP contribution in [0.15, 0.2) is 41.4 Å². The van der Waals surface area contributed by atoms with E-state index in [4.69, 9.17) is 19.7 Å². The molecule has 1 aromatic carbocycles. The van der Waals surface area contributed by atoms with Crippen molar-refractivity contribution in [2.75, 3.05) is 39.5 Å². The topological polar surface area (TPSA) is 135 Å². The second kappa shape index (κ2) is 19.2. The monoisotopic (exact) mass is 500 g/mol. The molecule has 0 aliphatic rings. The lowest BCUT2D eigenvalue weighted by molar-refractivity contribution is -0.126. The van der Waals surface area contributed by atoms with E-state index >= 15 is 0 Å². The molecule has 10 nitrogen and oxygen atoms in total. The van der Waals surface area contributed by atoms with Crippen LogP contribution in [0.3, 0.4) is 0 Å². The molecular weight excluding hydrogens is 461 g/mol. The number of amides is 2. The average molecular weight is 500 g/mol.